The minimum Gasteiger partial charge on any atom is -0.394 e. The molecule has 0 spiro atoms. The third-order valence-corrected chi connectivity index (χ3v) is 4.75. The highest BCUT2D eigenvalue weighted by Crippen LogP contribution is 2.31. The first-order valence-corrected chi connectivity index (χ1v) is 8.66. The molecule has 2 aromatic rings. The van der Waals surface area contributed by atoms with Crippen LogP contribution < -0.4 is 27.0 Å². The molecule has 1 saturated carbocycles. The number of nitrogens with zero attached hydrogens (tertiary/aromatic N) is 1. The fourth-order valence-electron chi connectivity index (χ4n) is 3.16. The van der Waals surface area contributed by atoms with Crippen molar-refractivity contribution in [3.63, 3.8) is 0 Å². The number of hydrogen-bond acceptors (Lipinski definition) is 6. The standard InChI is InChI=1S/C18H22N6O2/c1-20-13-8-15-21-11-4-2-3-10(7-11)9-26-14-6-5-12(14)22-18(25)24-17(23-15)16(13)19/h2-4,7-8,12,14H,5-6,9,19H2,1H3,(H4,20,21,22,23,24,25)/t12-,14-/m1/s1. The van der Waals surface area contributed by atoms with E-state index in [4.69, 9.17) is 10.5 Å². The van der Waals surface area contributed by atoms with Gasteiger partial charge in [0.05, 0.1) is 30.1 Å². The van der Waals surface area contributed by atoms with Gasteiger partial charge in [-0.05, 0) is 30.5 Å². The molecule has 2 heterocycles. The number of benzene rings is 1. The minimum atomic E-state index is -0.336. The Bertz CT molecular complexity index is 840. The molecule has 26 heavy (non-hydrogen) atoms. The van der Waals surface area contributed by atoms with E-state index in [0.29, 0.717) is 29.6 Å². The molecule has 1 fully saturated rings. The van der Waals surface area contributed by atoms with Crippen molar-refractivity contribution in [1.29, 1.82) is 0 Å². The predicted octanol–water partition coefficient (Wildman–Crippen LogP) is 2.63. The van der Waals surface area contributed by atoms with E-state index >= 15 is 0 Å². The van der Waals surface area contributed by atoms with Gasteiger partial charge >= 0.3 is 6.03 Å². The number of carbonyl (C=O) groups excluding carboxylic acids is 1. The summed E-state index contributed by atoms with van der Waals surface area (Å²) in [5.74, 6) is 0.886. The maximum Gasteiger partial charge on any atom is 0.320 e. The Morgan fingerprint density at radius 2 is 2.15 bits per heavy atom. The Balaban J connectivity index is 1.72. The van der Waals surface area contributed by atoms with Crippen molar-refractivity contribution in [2.45, 2.75) is 31.6 Å². The number of aromatic nitrogens is 1. The Kier molecular flexibility index (Phi) is 4.26. The first-order chi connectivity index (χ1) is 12.6. The van der Waals surface area contributed by atoms with Gasteiger partial charge in [0, 0.05) is 18.8 Å². The topological polar surface area (TPSA) is 113 Å². The molecular weight excluding hydrogens is 332 g/mol. The summed E-state index contributed by atoms with van der Waals surface area (Å²) in [6, 6.07) is 9.44. The monoisotopic (exact) mass is 354 g/mol. The Hall–Kier alpha value is -3.00. The molecule has 6 N–H and O–H groups in total. The highest BCUT2D eigenvalue weighted by molar-refractivity contribution is 5.94. The van der Waals surface area contributed by atoms with Gasteiger partial charge in [-0.15, -0.1) is 0 Å². The number of ether oxygens (including phenoxy) is 1. The molecule has 1 aliphatic heterocycles. The van der Waals surface area contributed by atoms with Gasteiger partial charge in [0.2, 0.25) is 0 Å². The first-order valence-electron chi connectivity index (χ1n) is 8.66. The van der Waals surface area contributed by atoms with E-state index in [-0.39, 0.29) is 18.2 Å². The fourth-order valence-corrected chi connectivity index (χ4v) is 3.16. The molecule has 136 valence electrons. The summed E-state index contributed by atoms with van der Waals surface area (Å²) in [5.41, 5.74) is 9.15. The fraction of sp³-hybridized carbons (Fsp3) is 0.333. The Morgan fingerprint density at radius 1 is 1.27 bits per heavy atom. The number of fused-ring (bicyclic) bond motifs is 5. The van der Waals surface area contributed by atoms with Gasteiger partial charge in [0.25, 0.3) is 0 Å². The third kappa shape index (κ3) is 3.23. The number of anilines is 5. The summed E-state index contributed by atoms with van der Waals surface area (Å²) in [7, 11) is 1.77. The highest BCUT2D eigenvalue weighted by atomic mass is 16.5. The van der Waals surface area contributed by atoms with Crippen molar-refractivity contribution in [3.05, 3.63) is 35.9 Å². The van der Waals surface area contributed by atoms with Crippen LogP contribution in [0.4, 0.5) is 33.5 Å². The van der Waals surface area contributed by atoms with E-state index in [1.54, 1.807) is 13.1 Å². The van der Waals surface area contributed by atoms with Crippen LogP contribution >= 0.6 is 0 Å². The van der Waals surface area contributed by atoms with Crippen molar-refractivity contribution < 1.29 is 9.53 Å². The Labute approximate surface area is 151 Å². The van der Waals surface area contributed by atoms with Gasteiger partial charge in [-0.1, -0.05) is 12.1 Å². The molecule has 0 unspecified atom stereocenters. The molecule has 2 amide bonds. The quantitative estimate of drug-likeness (QED) is 0.538. The van der Waals surface area contributed by atoms with E-state index in [2.05, 4.69) is 26.3 Å². The second-order valence-corrected chi connectivity index (χ2v) is 6.52. The number of pyridine rings is 1. The predicted molar refractivity (Wildman–Crippen MR) is 102 cm³/mol. The van der Waals surface area contributed by atoms with Gasteiger partial charge in [0.15, 0.2) is 5.82 Å². The largest absolute Gasteiger partial charge is 0.394 e. The van der Waals surface area contributed by atoms with Crippen molar-refractivity contribution in [2.24, 2.45) is 0 Å². The number of nitrogens with two attached hydrogens (primary N) is 1. The number of urea groups is 1. The van der Waals surface area contributed by atoms with Gasteiger partial charge in [-0.25, -0.2) is 9.78 Å². The second-order valence-electron chi connectivity index (χ2n) is 6.52. The lowest BCUT2D eigenvalue weighted by Crippen LogP contribution is -2.52. The zero-order chi connectivity index (χ0) is 18.1. The SMILES string of the molecule is CNc1cc2nc(c1N)NC(=O)N[C@@H]1CC[C@H]1OCc1cccc(c1)N2. The maximum atomic E-state index is 12.3. The van der Waals surface area contributed by atoms with Crippen molar-refractivity contribution in [1.82, 2.24) is 10.3 Å². The van der Waals surface area contributed by atoms with Gasteiger partial charge in [-0.3, -0.25) is 5.32 Å². The van der Waals surface area contributed by atoms with Crippen LogP contribution in [0.1, 0.15) is 18.4 Å². The first kappa shape index (κ1) is 16.5. The average Bonchev–Trinajstić information content (AvgIpc) is 2.61. The molecule has 1 aromatic heterocycles. The molecule has 2 aliphatic rings. The number of nitrogens with one attached hydrogen (secondary N) is 4. The zero-order valence-electron chi connectivity index (χ0n) is 14.5. The lowest BCUT2D eigenvalue weighted by atomic mass is 9.89. The van der Waals surface area contributed by atoms with Crippen LogP contribution in [0.25, 0.3) is 0 Å². The lowest BCUT2D eigenvalue weighted by Gasteiger charge is -2.36. The summed E-state index contributed by atoms with van der Waals surface area (Å²) >= 11 is 0. The number of rotatable bonds is 1. The number of hydrogen-bond donors (Lipinski definition) is 5. The van der Waals surface area contributed by atoms with E-state index < -0.39 is 0 Å². The summed E-state index contributed by atoms with van der Waals surface area (Å²) in [6.45, 7) is 0.502. The van der Waals surface area contributed by atoms with Gasteiger partial charge in [0.1, 0.15) is 5.82 Å². The molecule has 1 aliphatic carbocycles. The molecule has 8 heteroatoms. The second kappa shape index (κ2) is 6.72. The number of nitrogen functional groups attached to an aromatic ring is 1. The van der Waals surface area contributed by atoms with Gasteiger partial charge < -0.3 is 26.4 Å². The van der Waals surface area contributed by atoms with Crippen molar-refractivity contribution >= 4 is 34.7 Å². The Morgan fingerprint density at radius 3 is 2.92 bits per heavy atom. The highest BCUT2D eigenvalue weighted by Gasteiger charge is 2.33. The number of carbonyl (C=O) groups is 1. The van der Waals surface area contributed by atoms with Crippen LogP contribution in [-0.2, 0) is 11.3 Å². The minimum absolute atomic E-state index is 0.00701. The molecular formula is C18H22N6O2. The van der Waals surface area contributed by atoms with E-state index in [0.717, 1.165) is 24.1 Å². The van der Waals surface area contributed by atoms with E-state index in [1.165, 1.54) is 0 Å². The molecule has 2 atom stereocenters. The molecule has 8 nitrogen and oxygen atoms in total. The summed E-state index contributed by atoms with van der Waals surface area (Å²) in [6.07, 6.45) is 1.84. The maximum absolute atomic E-state index is 12.3. The summed E-state index contributed by atoms with van der Waals surface area (Å²) < 4.78 is 5.96. The van der Waals surface area contributed by atoms with Crippen molar-refractivity contribution in [2.75, 3.05) is 28.7 Å². The lowest BCUT2D eigenvalue weighted by molar-refractivity contribution is -0.0319. The normalized spacial score (nSPS) is 21.8. The molecule has 0 saturated heterocycles. The third-order valence-electron chi connectivity index (χ3n) is 4.75. The van der Waals surface area contributed by atoms with Crippen molar-refractivity contribution in [3.8, 4) is 0 Å². The van der Waals surface area contributed by atoms with Crippen LogP contribution in [0, 0.1) is 0 Å². The van der Waals surface area contributed by atoms with Crippen LogP contribution in [-0.4, -0.2) is 30.2 Å². The van der Waals surface area contributed by atoms with Crippen LogP contribution in [0.5, 0.6) is 0 Å². The smallest absolute Gasteiger partial charge is 0.320 e. The zero-order valence-corrected chi connectivity index (χ0v) is 14.5. The molecule has 4 rings (SSSR count). The van der Waals surface area contributed by atoms with Crippen LogP contribution in [0.3, 0.4) is 0 Å². The summed E-state index contributed by atoms with van der Waals surface area (Å²) in [4.78, 5) is 16.8. The molecule has 0 radical (unpaired) electrons. The molecule has 1 aromatic carbocycles. The summed E-state index contributed by atoms with van der Waals surface area (Å²) in [5, 5.41) is 12.0. The number of amides is 2. The van der Waals surface area contributed by atoms with Crippen LogP contribution in [0.15, 0.2) is 30.3 Å². The molecule has 4 bridgehead atoms. The van der Waals surface area contributed by atoms with Gasteiger partial charge in [-0.2, -0.15) is 0 Å². The average molecular weight is 354 g/mol. The van der Waals surface area contributed by atoms with Crippen LogP contribution in [0.2, 0.25) is 0 Å². The van der Waals surface area contributed by atoms with E-state index in [9.17, 15) is 4.79 Å². The van der Waals surface area contributed by atoms with E-state index in [1.807, 2.05) is 24.3 Å².